The SMILES string of the molecule is COc1ccc(CN(Cc2ccc(OC)cc2)c2cc(C)c(C(F)(F)F)c(-c3cc4nc[nH]c(=O)c4c(OCCNCc4cncc(N(C)C(=O)OC(C)(C)C)c4)c3Cl)n2)cc1. The van der Waals surface area contributed by atoms with Crippen molar-refractivity contribution in [3.63, 3.8) is 0 Å². The highest BCUT2D eigenvalue weighted by Gasteiger charge is 2.38. The number of carbonyl (C=O) groups is 1. The average molecular weight is 874 g/mol. The van der Waals surface area contributed by atoms with E-state index < -0.39 is 34.7 Å². The summed E-state index contributed by atoms with van der Waals surface area (Å²) in [5.41, 5.74) is 0.0947. The Morgan fingerprint density at radius 2 is 1.53 bits per heavy atom. The van der Waals surface area contributed by atoms with Crippen molar-refractivity contribution in [3.05, 3.63) is 129 Å². The Labute approximate surface area is 361 Å². The van der Waals surface area contributed by atoms with Crippen LogP contribution >= 0.6 is 11.6 Å². The Balaban J connectivity index is 1.33. The predicted octanol–water partition coefficient (Wildman–Crippen LogP) is 9.12. The van der Waals surface area contributed by atoms with Crippen molar-refractivity contribution < 1.29 is 36.9 Å². The van der Waals surface area contributed by atoms with Crippen molar-refractivity contribution in [1.29, 1.82) is 0 Å². The van der Waals surface area contributed by atoms with E-state index in [-0.39, 0.29) is 64.9 Å². The first-order valence-corrected chi connectivity index (χ1v) is 19.9. The van der Waals surface area contributed by atoms with E-state index >= 15 is 13.2 Å². The summed E-state index contributed by atoms with van der Waals surface area (Å²) in [6.45, 7) is 7.74. The van der Waals surface area contributed by atoms with Crippen molar-refractivity contribution >= 4 is 40.1 Å². The molecule has 17 heteroatoms. The van der Waals surface area contributed by atoms with E-state index in [4.69, 9.17) is 35.5 Å². The fourth-order valence-corrected chi connectivity index (χ4v) is 6.91. The van der Waals surface area contributed by atoms with Gasteiger partial charge in [0.05, 0.1) is 54.2 Å². The third-order valence-corrected chi connectivity index (χ3v) is 10.0. The lowest BCUT2D eigenvalue weighted by Gasteiger charge is -2.27. The van der Waals surface area contributed by atoms with Gasteiger partial charge in [-0.2, -0.15) is 13.2 Å². The third-order valence-electron chi connectivity index (χ3n) is 9.65. The van der Waals surface area contributed by atoms with Crippen LogP contribution in [0.5, 0.6) is 17.2 Å². The Bertz CT molecular complexity index is 2530. The van der Waals surface area contributed by atoms with Gasteiger partial charge in [0.1, 0.15) is 34.9 Å². The van der Waals surface area contributed by atoms with Crippen molar-refractivity contribution in [2.45, 2.75) is 59.1 Å². The zero-order valence-corrected chi connectivity index (χ0v) is 36.1. The molecule has 13 nitrogen and oxygen atoms in total. The first-order valence-electron chi connectivity index (χ1n) is 19.5. The van der Waals surface area contributed by atoms with Crippen molar-refractivity contribution in [1.82, 2.24) is 25.3 Å². The molecule has 0 aliphatic heterocycles. The Kier molecular flexibility index (Phi) is 13.9. The minimum atomic E-state index is -4.85. The molecule has 3 aromatic carbocycles. The number of aromatic amines is 1. The van der Waals surface area contributed by atoms with Crippen molar-refractivity contribution in [2.24, 2.45) is 0 Å². The number of ether oxygens (including phenoxy) is 4. The van der Waals surface area contributed by atoms with Crippen LogP contribution < -0.4 is 34.9 Å². The van der Waals surface area contributed by atoms with Gasteiger partial charge in [0.15, 0.2) is 5.75 Å². The van der Waals surface area contributed by atoms with E-state index in [1.807, 2.05) is 29.2 Å². The Morgan fingerprint density at radius 3 is 2.11 bits per heavy atom. The maximum Gasteiger partial charge on any atom is 0.418 e. The third kappa shape index (κ3) is 10.9. The standard InChI is InChI=1S/C45H47ClF3N7O6/c1-27-18-36(56(24-28-8-12-32(59-6)13-9-28)25-29-10-14-33(60-7)15-11-29)54-40(38(27)45(47,48)49)34-20-35-37(42(57)53-26-52-35)41(39(34)46)61-17-16-50-21-30-19-31(23-51-22-30)55(5)43(58)62-44(2,3)4/h8-15,18-20,22-23,26,50H,16-17,21,24-25H2,1-7H3,(H,52,53,57). The lowest BCUT2D eigenvalue weighted by Crippen LogP contribution is -2.34. The number of methoxy groups -OCH3 is 2. The molecular formula is C45H47ClF3N7O6. The van der Waals surface area contributed by atoms with Crippen LogP contribution in [0.15, 0.2) is 90.2 Å². The number of halogens is 4. The molecule has 2 N–H and O–H groups in total. The number of rotatable bonds is 15. The first-order chi connectivity index (χ1) is 29.4. The highest BCUT2D eigenvalue weighted by Crippen LogP contribution is 2.46. The van der Waals surface area contributed by atoms with Gasteiger partial charge >= 0.3 is 12.3 Å². The van der Waals surface area contributed by atoms with Gasteiger partial charge in [0.2, 0.25) is 0 Å². The Hall–Kier alpha value is -6.39. The largest absolute Gasteiger partial charge is 0.497 e. The lowest BCUT2D eigenvalue weighted by atomic mass is 9.99. The molecule has 0 saturated carbocycles. The quantitative estimate of drug-likeness (QED) is 0.0954. The molecule has 0 bridgehead atoms. The zero-order valence-electron chi connectivity index (χ0n) is 35.3. The van der Waals surface area contributed by atoms with Gasteiger partial charge in [-0.15, -0.1) is 0 Å². The average Bonchev–Trinajstić information content (AvgIpc) is 3.23. The second-order valence-electron chi connectivity index (χ2n) is 15.4. The number of hydrogen-bond donors (Lipinski definition) is 2. The van der Waals surface area contributed by atoms with Gasteiger partial charge in [-0.1, -0.05) is 35.9 Å². The summed E-state index contributed by atoms with van der Waals surface area (Å²) in [5.74, 6) is 1.40. The van der Waals surface area contributed by atoms with Gasteiger partial charge in [0, 0.05) is 45.0 Å². The number of carbonyl (C=O) groups excluding carboxylic acids is 1. The van der Waals surface area contributed by atoms with Gasteiger partial charge in [-0.05, 0) is 92.4 Å². The zero-order chi connectivity index (χ0) is 44.8. The molecule has 6 rings (SSSR count). The van der Waals surface area contributed by atoms with E-state index in [0.717, 1.165) is 23.0 Å². The van der Waals surface area contributed by atoms with Crippen LogP contribution in [0, 0.1) is 6.92 Å². The number of alkyl halides is 3. The number of pyridine rings is 2. The lowest BCUT2D eigenvalue weighted by molar-refractivity contribution is -0.137. The molecule has 0 spiro atoms. The van der Waals surface area contributed by atoms with E-state index in [0.29, 0.717) is 23.7 Å². The molecule has 0 aliphatic carbocycles. The number of anilines is 2. The maximum atomic E-state index is 15.1. The highest BCUT2D eigenvalue weighted by molar-refractivity contribution is 6.36. The van der Waals surface area contributed by atoms with E-state index in [1.165, 1.54) is 30.2 Å². The number of aryl methyl sites for hydroxylation is 1. The molecule has 6 aromatic rings. The summed E-state index contributed by atoms with van der Waals surface area (Å²) < 4.78 is 67.6. The summed E-state index contributed by atoms with van der Waals surface area (Å²) in [5, 5.41) is 2.94. The van der Waals surface area contributed by atoms with E-state index in [9.17, 15) is 9.59 Å². The summed E-state index contributed by atoms with van der Waals surface area (Å²) in [7, 11) is 4.71. The van der Waals surface area contributed by atoms with Crippen LogP contribution in [0.1, 0.15) is 48.6 Å². The van der Waals surface area contributed by atoms with Crippen LogP contribution in [0.25, 0.3) is 22.2 Å². The molecule has 0 fully saturated rings. The Morgan fingerprint density at radius 1 is 0.903 bits per heavy atom. The second-order valence-corrected chi connectivity index (χ2v) is 15.8. The normalized spacial score (nSPS) is 11.7. The number of fused-ring (bicyclic) bond motifs is 1. The molecule has 3 aromatic heterocycles. The molecule has 1 amide bonds. The molecular weight excluding hydrogens is 827 g/mol. The monoisotopic (exact) mass is 873 g/mol. The fraction of sp³-hybridized carbons (Fsp3) is 0.311. The number of benzene rings is 3. The van der Waals surface area contributed by atoms with Crippen LogP contribution in [0.3, 0.4) is 0 Å². The van der Waals surface area contributed by atoms with Gasteiger partial charge in [0.25, 0.3) is 5.56 Å². The van der Waals surface area contributed by atoms with Crippen LogP contribution in [-0.2, 0) is 30.5 Å². The molecule has 0 unspecified atom stereocenters. The molecule has 3 heterocycles. The molecule has 0 radical (unpaired) electrons. The number of nitrogens with zero attached hydrogens (tertiary/aromatic N) is 5. The summed E-state index contributed by atoms with van der Waals surface area (Å²) in [6, 6.07) is 19.2. The number of H-pyrrole nitrogens is 1. The van der Waals surface area contributed by atoms with Crippen molar-refractivity contribution in [2.75, 3.05) is 44.2 Å². The van der Waals surface area contributed by atoms with Crippen molar-refractivity contribution in [3.8, 4) is 28.5 Å². The topological polar surface area (TPSA) is 144 Å². The predicted molar refractivity (Wildman–Crippen MR) is 232 cm³/mol. The summed E-state index contributed by atoms with van der Waals surface area (Å²) in [4.78, 5) is 44.8. The molecule has 326 valence electrons. The molecule has 0 saturated heterocycles. The number of hydrogen-bond acceptors (Lipinski definition) is 11. The van der Waals surface area contributed by atoms with Gasteiger partial charge < -0.3 is 34.1 Å². The van der Waals surface area contributed by atoms with Gasteiger partial charge in [-0.3, -0.25) is 14.7 Å². The minimum absolute atomic E-state index is 0.0367. The van der Waals surface area contributed by atoms with Crippen LogP contribution in [0.2, 0.25) is 5.02 Å². The molecule has 62 heavy (non-hydrogen) atoms. The number of nitrogens with one attached hydrogen (secondary N) is 2. The highest BCUT2D eigenvalue weighted by atomic mass is 35.5. The minimum Gasteiger partial charge on any atom is -0.497 e. The summed E-state index contributed by atoms with van der Waals surface area (Å²) >= 11 is 7.02. The maximum absolute atomic E-state index is 15.1. The second kappa shape index (κ2) is 19.1. The smallest absolute Gasteiger partial charge is 0.418 e. The fourth-order valence-electron chi connectivity index (χ4n) is 6.62. The van der Waals surface area contributed by atoms with Gasteiger partial charge in [-0.25, -0.2) is 14.8 Å². The van der Waals surface area contributed by atoms with E-state index in [1.54, 1.807) is 78.6 Å². The molecule has 0 atom stereocenters. The number of aromatic nitrogens is 4. The molecule has 0 aliphatic rings. The number of amides is 1. The van der Waals surface area contributed by atoms with Crippen LogP contribution in [-0.4, -0.2) is 66.0 Å². The van der Waals surface area contributed by atoms with E-state index in [2.05, 4.69) is 20.3 Å². The van der Waals surface area contributed by atoms with Crippen LogP contribution in [0.4, 0.5) is 29.5 Å². The summed E-state index contributed by atoms with van der Waals surface area (Å²) in [6.07, 6.45) is -1.05. The first kappa shape index (κ1) is 45.1.